The summed E-state index contributed by atoms with van der Waals surface area (Å²) < 4.78 is 0. The first kappa shape index (κ1) is 9.91. The highest BCUT2D eigenvalue weighted by Gasteiger charge is 2.17. The van der Waals surface area contributed by atoms with Gasteiger partial charge in [0.15, 0.2) is 0 Å². The normalized spacial score (nSPS) is 16.6. The average Bonchev–Trinajstić information content (AvgIpc) is 2.09. The van der Waals surface area contributed by atoms with E-state index in [0.29, 0.717) is 0 Å². The zero-order valence-corrected chi connectivity index (χ0v) is 9.44. The Morgan fingerprint density at radius 2 is 2.21 bits per heavy atom. The van der Waals surface area contributed by atoms with Crippen molar-refractivity contribution in [3.8, 4) is 0 Å². The van der Waals surface area contributed by atoms with Gasteiger partial charge in [0.05, 0.1) is 0 Å². The van der Waals surface area contributed by atoms with Crippen molar-refractivity contribution in [2.75, 3.05) is 11.5 Å². The molecule has 0 aliphatic heterocycles. The van der Waals surface area contributed by atoms with E-state index in [1.807, 2.05) is 11.8 Å². The highest BCUT2D eigenvalue weighted by atomic mass is 32.2. The van der Waals surface area contributed by atoms with Crippen molar-refractivity contribution in [2.24, 2.45) is 5.92 Å². The molecule has 2 rings (SSSR count). The predicted molar refractivity (Wildman–Crippen MR) is 63.7 cm³/mol. The van der Waals surface area contributed by atoms with Crippen LogP contribution in [-0.4, -0.2) is 5.75 Å². The summed E-state index contributed by atoms with van der Waals surface area (Å²) in [4.78, 5) is 1.26. The maximum atomic E-state index is 6.01. The molecule has 0 saturated heterocycles. The number of rotatable bonds is 3. The fraction of sp³-hybridized carbons (Fsp3) is 0.500. The largest absolute Gasteiger partial charge is 0.398 e. The molecule has 1 aromatic carbocycles. The second kappa shape index (κ2) is 4.26. The lowest BCUT2D eigenvalue weighted by atomic mass is 9.87. The molecule has 0 bridgehead atoms. The van der Waals surface area contributed by atoms with Gasteiger partial charge >= 0.3 is 0 Å². The topological polar surface area (TPSA) is 26.0 Å². The standard InChI is InChI=1S/C12H17NS/c1-9-4-2-7-11(12(9)13)14-8-10-5-3-6-10/h2,4,7,10H,3,5-6,8,13H2,1H3. The highest BCUT2D eigenvalue weighted by Crippen LogP contribution is 2.35. The van der Waals surface area contributed by atoms with E-state index in [0.717, 1.165) is 11.6 Å². The summed E-state index contributed by atoms with van der Waals surface area (Å²) in [5.74, 6) is 2.19. The van der Waals surface area contributed by atoms with Gasteiger partial charge in [0.2, 0.25) is 0 Å². The van der Waals surface area contributed by atoms with Crippen LogP contribution in [0.5, 0.6) is 0 Å². The van der Waals surface area contributed by atoms with E-state index in [1.54, 1.807) is 0 Å². The maximum Gasteiger partial charge on any atom is 0.0481 e. The van der Waals surface area contributed by atoms with E-state index in [9.17, 15) is 0 Å². The van der Waals surface area contributed by atoms with Gasteiger partial charge in [0.1, 0.15) is 0 Å². The number of aryl methyl sites for hydroxylation is 1. The zero-order chi connectivity index (χ0) is 9.97. The van der Waals surface area contributed by atoms with Gasteiger partial charge in [-0.2, -0.15) is 0 Å². The Kier molecular flexibility index (Phi) is 3.02. The lowest BCUT2D eigenvalue weighted by molar-refractivity contribution is 0.353. The summed E-state index contributed by atoms with van der Waals surface area (Å²) in [5, 5.41) is 0. The Morgan fingerprint density at radius 1 is 1.43 bits per heavy atom. The molecule has 1 aromatic rings. The molecule has 1 nitrogen and oxygen atoms in total. The lowest BCUT2D eigenvalue weighted by Crippen LogP contribution is -2.13. The van der Waals surface area contributed by atoms with Gasteiger partial charge in [-0.1, -0.05) is 18.6 Å². The molecule has 0 spiro atoms. The third-order valence-electron chi connectivity index (χ3n) is 2.98. The van der Waals surface area contributed by atoms with Crippen molar-refractivity contribution in [3.63, 3.8) is 0 Å². The minimum atomic E-state index is 0.944. The van der Waals surface area contributed by atoms with E-state index in [1.165, 1.54) is 35.5 Å². The van der Waals surface area contributed by atoms with E-state index in [4.69, 9.17) is 5.73 Å². The molecule has 0 atom stereocenters. The first-order valence-corrected chi connectivity index (χ1v) is 6.24. The van der Waals surface area contributed by atoms with Gasteiger partial charge in [-0.15, -0.1) is 11.8 Å². The van der Waals surface area contributed by atoms with Crippen LogP contribution >= 0.6 is 11.8 Å². The van der Waals surface area contributed by atoms with Crippen molar-refractivity contribution < 1.29 is 0 Å². The Bertz CT molecular complexity index is 318. The molecule has 1 aliphatic rings. The summed E-state index contributed by atoms with van der Waals surface area (Å²) in [6, 6.07) is 6.29. The number of nitrogens with two attached hydrogens (primary N) is 1. The van der Waals surface area contributed by atoms with Gasteiger partial charge < -0.3 is 5.73 Å². The third-order valence-corrected chi connectivity index (χ3v) is 4.29. The molecular formula is C12H17NS. The van der Waals surface area contributed by atoms with Crippen molar-refractivity contribution in [3.05, 3.63) is 23.8 Å². The van der Waals surface area contributed by atoms with Crippen LogP contribution in [0.25, 0.3) is 0 Å². The van der Waals surface area contributed by atoms with Crippen LogP contribution in [0.1, 0.15) is 24.8 Å². The summed E-state index contributed by atoms with van der Waals surface area (Å²) >= 11 is 1.92. The summed E-state index contributed by atoms with van der Waals surface area (Å²) in [6.07, 6.45) is 4.26. The fourth-order valence-corrected chi connectivity index (χ4v) is 2.89. The summed E-state index contributed by atoms with van der Waals surface area (Å²) in [5.41, 5.74) is 8.17. The summed E-state index contributed by atoms with van der Waals surface area (Å²) in [7, 11) is 0. The molecule has 1 aliphatic carbocycles. The predicted octanol–water partition coefficient (Wildman–Crippen LogP) is 3.47. The molecular weight excluding hydrogens is 190 g/mol. The molecule has 0 radical (unpaired) electrons. The molecule has 0 heterocycles. The number of anilines is 1. The van der Waals surface area contributed by atoms with Crippen LogP contribution in [0, 0.1) is 12.8 Å². The second-order valence-corrected chi connectivity index (χ2v) is 5.16. The molecule has 2 N–H and O–H groups in total. The van der Waals surface area contributed by atoms with E-state index < -0.39 is 0 Å². The van der Waals surface area contributed by atoms with E-state index >= 15 is 0 Å². The van der Waals surface area contributed by atoms with Crippen LogP contribution in [0.3, 0.4) is 0 Å². The first-order chi connectivity index (χ1) is 6.77. The molecule has 2 heteroatoms. The van der Waals surface area contributed by atoms with Crippen LogP contribution in [-0.2, 0) is 0 Å². The lowest BCUT2D eigenvalue weighted by Gasteiger charge is -2.24. The number of para-hydroxylation sites is 1. The van der Waals surface area contributed by atoms with Gasteiger partial charge in [-0.3, -0.25) is 0 Å². The van der Waals surface area contributed by atoms with Gasteiger partial charge in [0, 0.05) is 16.3 Å². The Morgan fingerprint density at radius 3 is 2.86 bits per heavy atom. The number of nitrogen functional groups attached to an aromatic ring is 1. The number of hydrogen-bond donors (Lipinski definition) is 1. The van der Waals surface area contributed by atoms with Crippen molar-refractivity contribution >= 4 is 17.4 Å². The van der Waals surface area contributed by atoms with Gasteiger partial charge in [0.25, 0.3) is 0 Å². The number of hydrogen-bond acceptors (Lipinski definition) is 2. The highest BCUT2D eigenvalue weighted by molar-refractivity contribution is 7.99. The molecule has 0 aromatic heterocycles. The SMILES string of the molecule is Cc1cccc(SCC2CCC2)c1N. The smallest absolute Gasteiger partial charge is 0.0481 e. The Balaban J connectivity index is 1.97. The number of benzene rings is 1. The van der Waals surface area contributed by atoms with E-state index in [-0.39, 0.29) is 0 Å². The van der Waals surface area contributed by atoms with Gasteiger partial charge in [-0.05, 0) is 37.3 Å². The second-order valence-electron chi connectivity index (χ2n) is 4.09. The molecule has 14 heavy (non-hydrogen) atoms. The number of thioether (sulfide) groups is 1. The third kappa shape index (κ3) is 2.06. The van der Waals surface area contributed by atoms with Crippen LogP contribution in [0.15, 0.2) is 23.1 Å². The van der Waals surface area contributed by atoms with E-state index in [2.05, 4.69) is 25.1 Å². The van der Waals surface area contributed by atoms with Crippen LogP contribution in [0.4, 0.5) is 5.69 Å². The van der Waals surface area contributed by atoms with Crippen molar-refractivity contribution in [1.29, 1.82) is 0 Å². The monoisotopic (exact) mass is 207 g/mol. The van der Waals surface area contributed by atoms with Crippen LogP contribution in [0.2, 0.25) is 0 Å². The van der Waals surface area contributed by atoms with Gasteiger partial charge in [-0.25, -0.2) is 0 Å². The minimum Gasteiger partial charge on any atom is -0.398 e. The minimum absolute atomic E-state index is 0.944. The molecule has 1 saturated carbocycles. The average molecular weight is 207 g/mol. The van der Waals surface area contributed by atoms with Crippen molar-refractivity contribution in [1.82, 2.24) is 0 Å². The van der Waals surface area contributed by atoms with Crippen LogP contribution < -0.4 is 5.73 Å². The zero-order valence-electron chi connectivity index (χ0n) is 8.62. The molecule has 0 unspecified atom stereocenters. The maximum absolute atomic E-state index is 6.01. The first-order valence-electron chi connectivity index (χ1n) is 5.25. The molecule has 0 amide bonds. The quantitative estimate of drug-likeness (QED) is 0.606. The summed E-state index contributed by atoms with van der Waals surface area (Å²) in [6.45, 7) is 2.07. The Hall–Kier alpha value is -0.630. The Labute approximate surface area is 90.1 Å². The molecule has 1 fully saturated rings. The van der Waals surface area contributed by atoms with Crippen molar-refractivity contribution in [2.45, 2.75) is 31.1 Å². The fourth-order valence-electron chi connectivity index (χ4n) is 1.65. The molecule has 76 valence electrons.